The van der Waals surface area contributed by atoms with Crippen LogP contribution in [0.5, 0.6) is 0 Å². The van der Waals surface area contributed by atoms with Crippen LogP contribution in [0.4, 0.5) is 5.69 Å². The van der Waals surface area contributed by atoms with Gasteiger partial charge in [-0.25, -0.2) is 14.6 Å². The third kappa shape index (κ3) is 1.30. The zero-order valence-corrected chi connectivity index (χ0v) is 7.85. The van der Waals surface area contributed by atoms with E-state index in [0.29, 0.717) is 28.6 Å². The molecule has 0 radical (unpaired) electrons. The van der Waals surface area contributed by atoms with Crippen molar-refractivity contribution in [1.29, 1.82) is 0 Å². The monoisotopic (exact) mass is 191 g/mol. The zero-order chi connectivity index (χ0) is 10.1. The van der Waals surface area contributed by atoms with Gasteiger partial charge in [0.1, 0.15) is 17.2 Å². The van der Waals surface area contributed by atoms with Crippen LogP contribution in [0.2, 0.25) is 0 Å². The summed E-state index contributed by atoms with van der Waals surface area (Å²) in [6.07, 6.45) is 1.55. The number of nitrogens with two attached hydrogens (primary N) is 1. The maximum atomic E-state index is 5.72. The fraction of sp³-hybridized carbons (Fsp3) is 0.250. The molecule has 0 bridgehead atoms. The summed E-state index contributed by atoms with van der Waals surface area (Å²) in [6.45, 7) is 3.56. The van der Waals surface area contributed by atoms with Crippen molar-refractivity contribution in [2.24, 2.45) is 0 Å². The summed E-state index contributed by atoms with van der Waals surface area (Å²) in [5.74, 6) is 0.636. The van der Waals surface area contributed by atoms with E-state index >= 15 is 0 Å². The Hall–Kier alpha value is -1.98. The van der Waals surface area contributed by atoms with E-state index in [1.807, 2.05) is 0 Å². The van der Waals surface area contributed by atoms with Gasteiger partial charge in [0.2, 0.25) is 0 Å². The maximum absolute atomic E-state index is 5.72. The number of aromatic nitrogens is 4. The molecule has 2 heterocycles. The number of hydrogen-bond donors (Lipinski definition) is 1. The molecule has 0 atom stereocenters. The number of rotatable bonds is 1. The molecule has 0 aliphatic rings. The molecule has 2 N–H and O–H groups in total. The van der Waals surface area contributed by atoms with Crippen molar-refractivity contribution in [2.45, 2.75) is 13.8 Å². The molecule has 14 heavy (non-hydrogen) atoms. The third-order valence-corrected chi connectivity index (χ3v) is 1.81. The molecule has 6 heteroatoms. The highest BCUT2D eigenvalue weighted by molar-refractivity contribution is 5.69. The second-order valence-electron chi connectivity index (χ2n) is 2.92. The van der Waals surface area contributed by atoms with Crippen molar-refractivity contribution in [2.75, 3.05) is 5.73 Å². The quantitative estimate of drug-likeness (QED) is 0.714. The van der Waals surface area contributed by atoms with E-state index in [1.165, 1.54) is 0 Å². The molecular weight excluding hydrogens is 182 g/mol. The minimum Gasteiger partial charge on any atom is -0.396 e. The minimum atomic E-state index is 0.467. The third-order valence-electron chi connectivity index (χ3n) is 1.81. The van der Waals surface area contributed by atoms with Gasteiger partial charge < -0.3 is 5.73 Å². The van der Waals surface area contributed by atoms with E-state index < -0.39 is 0 Å². The van der Waals surface area contributed by atoms with Gasteiger partial charge in [-0.1, -0.05) is 5.16 Å². The summed E-state index contributed by atoms with van der Waals surface area (Å²) in [7, 11) is 0. The van der Waals surface area contributed by atoms with Crippen LogP contribution in [0.3, 0.4) is 0 Å². The molecule has 72 valence electrons. The highest BCUT2D eigenvalue weighted by Gasteiger charge is 2.13. The molecule has 0 aromatic carbocycles. The van der Waals surface area contributed by atoms with Gasteiger partial charge in [-0.05, 0) is 19.0 Å². The summed E-state index contributed by atoms with van der Waals surface area (Å²) >= 11 is 0. The van der Waals surface area contributed by atoms with Crippen LogP contribution in [0, 0.1) is 13.8 Å². The summed E-state index contributed by atoms with van der Waals surface area (Å²) in [4.78, 5) is 8.14. The van der Waals surface area contributed by atoms with E-state index in [-0.39, 0.29) is 0 Å². The SMILES string of the molecule is Cc1ncc(N)c(-c2nonc2C)n1. The van der Waals surface area contributed by atoms with Crippen molar-refractivity contribution >= 4 is 5.69 Å². The molecule has 0 saturated carbocycles. The van der Waals surface area contributed by atoms with Crippen LogP contribution in [0.25, 0.3) is 11.4 Å². The molecule has 0 unspecified atom stereocenters. The van der Waals surface area contributed by atoms with Gasteiger partial charge in [0.15, 0.2) is 5.69 Å². The minimum absolute atomic E-state index is 0.467. The molecule has 0 saturated heterocycles. The average Bonchev–Trinajstić information content (AvgIpc) is 2.56. The van der Waals surface area contributed by atoms with Crippen molar-refractivity contribution in [1.82, 2.24) is 20.3 Å². The molecule has 0 amide bonds. The topological polar surface area (TPSA) is 90.7 Å². The van der Waals surface area contributed by atoms with Crippen molar-refractivity contribution < 1.29 is 4.63 Å². The zero-order valence-electron chi connectivity index (χ0n) is 7.85. The fourth-order valence-electron chi connectivity index (χ4n) is 1.12. The van der Waals surface area contributed by atoms with Crippen LogP contribution in [0.1, 0.15) is 11.5 Å². The lowest BCUT2D eigenvalue weighted by molar-refractivity contribution is 0.306. The molecule has 0 aliphatic carbocycles. The average molecular weight is 191 g/mol. The lowest BCUT2D eigenvalue weighted by atomic mass is 10.2. The first-order chi connectivity index (χ1) is 6.68. The van der Waals surface area contributed by atoms with Crippen LogP contribution in [-0.2, 0) is 0 Å². The lowest BCUT2D eigenvalue weighted by Gasteiger charge is -2.00. The number of nitrogen functional groups attached to an aromatic ring is 1. The Bertz CT molecular complexity index is 465. The first-order valence-corrected chi connectivity index (χ1v) is 4.07. The van der Waals surface area contributed by atoms with Crippen LogP contribution in [0.15, 0.2) is 10.8 Å². The Morgan fingerprint density at radius 2 is 2.00 bits per heavy atom. The van der Waals surface area contributed by atoms with Crippen LogP contribution >= 0.6 is 0 Å². The fourth-order valence-corrected chi connectivity index (χ4v) is 1.12. The Balaban J connectivity index is 2.62. The first-order valence-electron chi connectivity index (χ1n) is 4.07. The standard InChI is InChI=1S/C8H9N5O/c1-4-7(13-14-12-4)8-6(9)3-10-5(2)11-8/h3H,9H2,1-2H3. The summed E-state index contributed by atoms with van der Waals surface area (Å²) < 4.78 is 4.58. The predicted molar refractivity (Wildman–Crippen MR) is 49.2 cm³/mol. The van der Waals surface area contributed by atoms with E-state index in [2.05, 4.69) is 24.9 Å². The largest absolute Gasteiger partial charge is 0.396 e. The highest BCUT2D eigenvalue weighted by Crippen LogP contribution is 2.22. The van der Waals surface area contributed by atoms with Crippen LogP contribution in [-0.4, -0.2) is 20.3 Å². The summed E-state index contributed by atoms with van der Waals surface area (Å²) in [6, 6.07) is 0. The van der Waals surface area contributed by atoms with Gasteiger partial charge in [-0.15, -0.1) is 0 Å². The first kappa shape index (κ1) is 8.61. The molecule has 0 fully saturated rings. The predicted octanol–water partition coefficient (Wildman–Crippen LogP) is 0.726. The van der Waals surface area contributed by atoms with Gasteiger partial charge in [0, 0.05) is 0 Å². The molecule has 6 nitrogen and oxygen atoms in total. The molecule has 2 rings (SSSR count). The molecule has 2 aromatic heterocycles. The number of anilines is 1. The Morgan fingerprint density at radius 1 is 1.21 bits per heavy atom. The van der Waals surface area contributed by atoms with Gasteiger partial charge in [0.05, 0.1) is 11.9 Å². The van der Waals surface area contributed by atoms with Crippen molar-refractivity contribution in [3.8, 4) is 11.4 Å². The van der Waals surface area contributed by atoms with Crippen molar-refractivity contribution in [3.63, 3.8) is 0 Å². The number of aryl methyl sites for hydroxylation is 2. The van der Waals surface area contributed by atoms with Gasteiger partial charge in [-0.2, -0.15) is 0 Å². The molecule has 0 spiro atoms. The Labute approximate surface area is 80.1 Å². The van der Waals surface area contributed by atoms with E-state index in [0.717, 1.165) is 0 Å². The normalized spacial score (nSPS) is 10.4. The Kier molecular flexibility index (Phi) is 1.88. The molecule has 2 aromatic rings. The van der Waals surface area contributed by atoms with E-state index in [9.17, 15) is 0 Å². The smallest absolute Gasteiger partial charge is 0.158 e. The number of nitrogens with zero attached hydrogens (tertiary/aromatic N) is 4. The lowest BCUT2D eigenvalue weighted by Crippen LogP contribution is -1.98. The summed E-state index contributed by atoms with van der Waals surface area (Å²) in [5, 5.41) is 7.39. The van der Waals surface area contributed by atoms with Gasteiger partial charge in [0.25, 0.3) is 0 Å². The highest BCUT2D eigenvalue weighted by atomic mass is 16.6. The number of hydrogen-bond acceptors (Lipinski definition) is 6. The maximum Gasteiger partial charge on any atom is 0.158 e. The van der Waals surface area contributed by atoms with Crippen molar-refractivity contribution in [3.05, 3.63) is 17.7 Å². The van der Waals surface area contributed by atoms with Gasteiger partial charge >= 0.3 is 0 Å². The van der Waals surface area contributed by atoms with Crippen LogP contribution < -0.4 is 5.73 Å². The molecular formula is C8H9N5O. The molecule has 0 aliphatic heterocycles. The van der Waals surface area contributed by atoms with E-state index in [1.54, 1.807) is 20.0 Å². The second kappa shape index (κ2) is 3.06. The van der Waals surface area contributed by atoms with Gasteiger partial charge in [-0.3, -0.25) is 0 Å². The van der Waals surface area contributed by atoms with E-state index in [4.69, 9.17) is 5.73 Å². The summed E-state index contributed by atoms with van der Waals surface area (Å²) in [5.41, 5.74) is 7.97. The Morgan fingerprint density at radius 3 is 2.64 bits per heavy atom. The second-order valence-corrected chi connectivity index (χ2v) is 2.92.